The molecule has 0 bridgehead atoms. The lowest BCUT2D eigenvalue weighted by molar-refractivity contribution is 0.276. The smallest absolute Gasteiger partial charge is 0.248 e. The summed E-state index contributed by atoms with van der Waals surface area (Å²) in [6.45, 7) is 8.28. The van der Waals surface area contributed by atoms with Gasteiger partial charge in [0.25, 0.3) is 0 Å². The molecule has 1 aliphatic rings. The molecule has 1 saturated heterocycles. The van der Waals surface area contributed by atoms with Crippen LogP contribution >= 0.6 is 11.3 Å². The number of sulfonamides is 1. The number of rotatable bonds is 5. The summed E-state index contributed by atoms with van der Waals surface area (Å²) in [5, 5.41) is 6.70. The van der Waals surface area contributed by atoms with E-state index in [0.29, 0.717) is 37.6 Å². The Kier molecular flexibility index (Phi) is 5.60. The minimum atomic E-state index is -3.60. The van der Waals surface area contributed by atoms with Crippen molar-refractivity contribution in [3.8, 4) is 10.8 Å². The van der Waals surface area contributed by atoms with Gasteiger partial charge in [0.05, 0.1) is 5.69 Å². The molecule has 4 rings (SSSR count). The average Bonchev–Trinajstić information content (AvgIpc) is 3.33. The molecule has 0 amide bonds. The molecule has 0 saturated carbocycles. The highest BCUT2D eigenvalue weighted by molar-refractivity contribution is 7.89. The van der Waals surface area contributed by atoms with Crippen LogP contribution in [0.5, 0.6) is 0 Å². The van der Waals surface area contributed by atoms with Gasteiger partial charge in [-0.1, -0.05) is 5.16 Å². The van der Waals surface area contributed by atoms with E-state index < -0.39 is 10.0 Å². The van der Waals surface area contributed by atoms with Crippen LogP contribution in [0.4, 0.5) is 0 Å². The van der Waals surface area contributed by atoms with Gasteiger partial charge in [0, 0.05) is 31.6 Å². The zero-order chi connectivity index (χ0) is 20.6. The Morgan fingerprint density at radius 1 is 1.14 bits per heavy atom. The summed E-state index contributed by atoms with van der Waals surface area (Å²) >= 11 is 1.56. The first-order chi connectivity index (χ1) is 13.8. The van der Waals surface area contributed by atoms with Crippen molar-refractivity contribution in [2.75, 3.05) is 26.2 Å². The lowest BCUT2D eigenvalue weighted by Gasteiger charge is -2.21. The molecular formula is C19H24N4O4S2. The van der Waals surface area contributed by atoms with Gasteiger partial charge in [-0.25, -0.2) is 13.4 Å². The van der Waals surface area contributed by atoms with Crippen molar-refractivity contribution in [3.05, 3.63) is 40.4 Å². The normalized spacial score (nSPS) is 16.9. The third-order valence-corrected chi connectivity index (χ3v) is 8.05. The van der Waals surface area contributed by atoms with Crippen molar-refractivity contribution in [2.45, 2.75) is 38.6 Å². The lowest BCUT2D eigenvalue weighted by atomic mass is 10.3. The molecule has 0 N–H and O–H groups in total. The fraction of sp³-hybridized carbons (Fsp3) is 0.474. The van der Waals surface area contributed by atoms with Gasteiger partial charge in [-0.05, 0) is 45.9 Å². The van der Waals surface area contributed by atoms with Crippen molar-refractivity contribution in [1.82, 2.24) is 19.3 Å². The van der Waals surface area contributed by atoms with E-state index in [1.165, 1.54) is 4.31 Å². The van der Waals surface area contributed by atoms with Crippen LogP contribution < -0.4 is 0 Å². The summed E-state index contributed by atoms with van der Waals surface area (Å²) in [6.07, 6.45) is 0.761. The average molecular weight is 437 g/mol. The van der Waals surface area contributed by atoms with E-state index in [0.717, 1.165) is 35.2 Å². The summed E-state index contributed by atoms with van der Waals surface area (Å²) in [5.41, 5.74) is 1.38. The first-order valence-electron chi connectivity index (χ1n) is 9.51. The highest BCUT2D eigenvalue weighted by atomic mass is 32.2. The zero-order valence-corrected chi connectivity index (χ0v) is 18.3. The molecule has 0 aromatic carbocycles. The highest BCUT2D eigenvalue weighted by Crippen LogP contribution is 2.27. The van der Waals surface area contributed by atoms with Gasteiger partial charge in [-0.2, -0.15) is 4.31 Å². The Morgan fingerprint density at radius 2 is 1.97 bits per heavy atom. The fourth-order valence-corrected chi connectivity index (χ4v) is 6.12. The van der Waals surface area contributed by atoms with E-state index in [4.69, 9.17) is 8.94 Å². The molecule has 156 valence electrons. The Bertz CT molecular complexity index is 1080. The van der Waals surface area contributed by atoms with Crippen LogP contribution in [-0.2, 0) is 16.6 Å². The highest BCUT2D eigenvalue weighted by Gasteiger charge is 2.32. The molecule has 3 aromatic rings. The van der Waals surface area contributed by atoms with Crippen molar-refractivity contribution >= 4 is 21.4 Å². The molecule has 1 fully saturated rings. The van der Waals surface area contributed by atoms with Crippen LogP contribution in [0.25, 0.3) is 10.8 Å². The topological polar surface area (TPSA) is 92.7 Å². The number of thiazole rings is 1. The Balaban J connectivity index is 1.42. The van der Waals surface area contributed by atoms with E-state index in [-0.39, 0.29) is 4.90 Å². The quantitative estimate of drug-likeness (QED) is 0.606. The monoisotopic (exact) mass is 436 g/mol. The van der Waals surface area contributed by atoms with Crippen LogP contribution in [0, 0.1) is 20.8 Å². The second-order valence-electron chi connectivity index (χ2n) is 7.24. The maximum Gasteiger partial charge on any atom is 0.248 e. The summed E-state index contributed by atoms with van der Waals surface area (Å²) in [4.78, 5) is 7.12. The minimum absolute atomic E-state index is 0.198. The molecule has 3 aromatic heterocycles. The fourth-order valence-electron chi connectivity index (χ4n) is 3.59. The summed E-state index contributed by atoms with van der Waals surface area (Å²) < 4.78 is 38.4. The molecule has 10 heteroatoms. The SMILES string of the molecule is Cc1ccc(-c2nc(CN3CCCN(S(=O)(=O)c4c(C)noc4C)CC3)cs2)o1. The van der Waals surface area contributed by atoms with E-state index >= 15 is 0 Å². The number of furan rings is 1. The summed E-state index contributed by atoms with van der Waals surface area (Å²) in [7, 11) is -3.60. The van der Waals surface area contributed by atoms with Gasteiger partial charge in [-0.3, -0.25) is 4.90 Å². The number of aryl methyl sites for hydroxylation is 3. The van der Waals surface area contributed by atoms with Gasteiger partial charge in [-0.15, -0.1) is 11.3 Å². The third-order valence-electron chi connectivity index (χ3n) is 5.00. The molecule has 29 heavy (non-hydrogen) atoms. The molecule has 8 nitrogen and oxygen atoms in total. The Hall–Kier alpha value is -2.01. The minimum Gasteiger partial charge on any atom is -0.459 e. The Labute approximate surface area is 174 Å². The van der Waals surface area contributed by atoms with Gasteiger partial charge in [0.2, 0.25) is 10.0 Å². The van der Waals surface area contributed by atoms with E-state index in [1.54, 1.807) is 25.2 Å². The number of hydrogen-bond acceptors (Lipinski definition) is 8. The molecule has 0 unspecified atom stereocenters. The summed E-state index contributed by atoms with van der Waals surface area (Å²) in [6, 6.07) is 3.86. The van der Waals surface area contributed by atoms with Gasteiger partial charge < -0.3 is 8.94 Å². The van der Waals surface area contributed by atoms with Crippen LogP contribution in [0.1, 0.15) is 29.3 Å². The van der Waals surface area contributed by atoms with Crippen molar-refractivity contribution in [2.24, 2.45) is 0 Å². The zero-order valence-electron chi connectivity index (χ0n) is 16.7. The molecule has 0 radical (unpaired) electrons. The maximum absolute atomic E-state index is 13.1. The van der Waals surface area contributed by atoms with Crippen LogP contribution in [0.3, 0.4) is 0 Å². The molecule has 0 spiro atoms. The standard InChI is InChI=1S/C19H24N4O4S2/c1-13-5-6-17(26-13)19-20-16(12-28-19)11-22-7-4-8-23(10-9-22)29(24,25)18-14(2)21-27-15(18)3/h5-6,12H,4,7-11H2,1-3H3. The second-order valence-corrected chi connectivity index (χ2v) is 9.97. The third kappa shape index (κ3) is 4.16. The maximum atomic E-state index is 13.1. The first kappa shape index (κ1) is 20.3. The van der Waals surface area contributed by atoms with E-state index in [9.17, 15) is 8.42 Å². The predicted molar refractivity (Wildman–Crippen MR) is 109 cm³/mol. The number of hydrogen-bond donors (Lipinski definition) is 0. The lowest BCUT2D eigenvalue weighted by Crippen LogP contribution is -2.35. The molecule has 0 atom stereocenters. The van der Waals surface area contributed by atoms with Crippen LogP contribution in [0.2, 0.25) is 0 Å². The van der Waals surface area contributed by atoms with Crippen LogP contribution in [-0.4, -0.2) is 53.9 Å². The Morgan fingerprint density at radius 3 is 2.66 bits per heavy atom. The molecule has 0 aliphatic carbocycles. The number of aromatic nitrogens is 2. The molecular weight excluding hydrogens is 412 g/mol. The van der Waals surface area contributed by atoms with Crippen molar-refractivity contribution < 1.29 is 17.4 Å². The van der Waals surface area contributed by atoms with Gasteiger partial charge in [0.15, 0.2) is 16.5 Å². The van der Waals surface area contributed by atoms with Gasteiger partial charge in [0.1, 0.15) is 16.3 Å². The largest absolute Gasteiger partial charge is 0.459 e. The molecule has 1 aliphatic heterocycles. The predicted octanol–water partition coefficient (Wildman–Crippen LogP) is 3.21. The molecule has 4 heterocycles. The number of nitrogens with zero attached hydrogens (tertiary/aromatic N) is 4. The van der Waals surface area contributed by atoms with E-state index in [2.05, 4.69) is 15.0 Å². The van der Waals surface area contributed by atoms with Crippen molar-refractivity contribution in [1.29, 1.82) is 0 Å². The van der Waals surface area contributed by atoms with Crippen LogP contribution in [0.15, 0.2) is 31.3 Å². The summed E-state index contributed by atoms with van der Waals surface area (Å²) in [5.74, 6) is 1.99. The second kappa shape index (κ2) is 8.02. The van der Waals surface area contributed by atoms with Crippen molar-refractivity contribution in [3.63, 3.8) is 0 Å². The first-order valence-corrected chi connectivity index (χ1v) is 11.8. The van der Waals surface area contributed by atoms with E-state index in [1.807, 2.05) is 24.4 Å². The van der Waals surface area contributed by atoms with Gasteiger partial charge >= 0.3 is 0 Å².